The molecule has 4 nitrogen and oxygen atoms in total. The van der Waals surface area contributed by atoms with Gasteiger partial charge in [-0.1, -0.05) is 30.3 Å². The summed E-state index contributed by atoms with van der Waals surface area (Å²) >= 11 is 0. The third-order valence-electron chi connectivity index (χ3n) is 3.79. The van der Waals surface area contributed by atoms with Crippen LogP contribution in [0.4, 0.5) is 0 Å². The highest BCUT2D eigenvalue weighted by Crippen LogP contribution is 2.50. The summed E-state index contributed by atoms with van der Waals surface area (Å²) in [6.07, 6.45) is 0.447. The molecular weight excluding hydrogens is 263 g/mol. The van der Waals surface area contributed by atoms with Crippen LogP contribution in [0.3, 0.4) is 0 Å². The van der Waals surface area contributed by atoms with Crippen LogP contribution in [-0.2, 0) is 18.8 Å². The lowest BCUT2D eigenvalue weighted by atomic mass is 10.1. The van der Waals surface area contributed by atoms with E-state index in [2.05, 4.69) is 0 Å². The largest absolute Gasteiger partial charge is 0.378 e. The number of ether oxygens (including phenoxy) is 3. The molecule has 0 N–H and O–H groups in total. The quantitative estimate of drug-likeness (QED) is 0.790. The SMILES string of the molecule is COC1[C@@H](OC)CP(=O)(c2ccccc2)C[C@H]1OC. The molecule has 0 saturated carbocycles. The van der Waals surface area contributed by atoms with Crippen LogP contribution < -0.4 is 5.30 Å². The van der Waals surface area contributed by atoms with Crippen LogP contribution in [0.2, 0.25) is 0 Å². The molecule has 1 saturated heterocycles. The molecule has 4 atom stereocenters. The van der Waals surface area contributed by atoms with E-state index in [9.17, 15) is 4.57 Å². The van der Waals surface area contributed by atoms with Gasteiger partial charge in [-0.05, 0) is 0 Å². The van der Waals surface area contributed by atoms with Crippen molar-refractivity contribution >= 4 is 12.4 Å². The zero-order chi connectivity index (χ0) is 13.9. The van der Waals surface area contributed by atoms with E-state index in [-0.39, 0.29) is 18.3 Å². The van der Waals surface area contributed by atoms with Gasteiger partial charge in [-0.25, -0.2) is 0 Å². The lowest BCUT2D eigenvalue weighted by molar-refractivity contribution is -0.0965. The third-order valence-corrected chi connectivity index (χ3v) is 6.93. The first kappa shape index (κ1) is 14.7. The van der Waals surface area contributed by atoms with Gasteiger partial charge in [0, 0.05) is 39.0 Å². The lowest BCUT2D eigenvalue weighted by Gasteiger charge is -2.39. The van der Waals surface area contributed by atoms with Gasteiger partial charge in [0.1, 0.15) is 13.2 Å². The van der Waals surface area contributed by atoms with E-state index >= 15 is 0 Å². The summed E-state index contributed by atoms with van der Waals surface area (Å²) in [5.74, 6) is 0. The van der Waals surface area contributed by atoms with Crippen molar-refractivity contribution in [1.29, 1.82) is 0 Å². The van der Waals surface area contributed by atoms with Crippen LogP contribution in [0.1, 0.15) is 0 Å². The molecule has 19 heavy (non-hydrogen) atoms. The molecule has 1 aromatic rings. The number of hydrogen-bond acceptors (Lipinski definition) is 4. The minimum atomic E-state index is -2.49. The van der Waals surface area contributed by atoms with Crippen molar-refractivity contribution in [2.75, 3.05) is 33.7 Å². The summed E-state index contributed by atoms with van der Waals surface area (Å²) in [5.41, 5.74) is 0. The van der Waals surface area contributed by atoms with E-state index in [1.54, 1.807) is 21.3 Å². The van der Waals surface area contributed by atoms with Gasteiger partial charge < -0.3 is 18.8 Å². The van der Waals surface area contributed by atoms with Crippen LogP contribution in [0.5, 0.6) is 0 Å². The Morgan fingerprint density at radius 2 is 1.47 bits per heavy atom. The van der Waals surface area contributed by atoms with E-state index in [0.29, 0.717) is 12.3 Å². The number of rotatable bonds is 4. The molecule has 0 radical (unpaired) electrons. The van der Waals surface area contributed by atoms with Gasteiger partial charge in [0.2, 0.25) is 0 Å². The summed E-state index contributed by atoms with van der Waals surface area (Å²) in [6, 6.07) is 9.61. The summed E-state index contributed by atoms with van der Waals surface area (Å²) in [7, 11) is 2.41. The van der Waals surface area contributed by atoms with Crippen LogP contribution in [-0.4, -0.2) is 52.0 Å². The van der Waals surface area contributed by atoms with Crippen LogP contribution in [0, 0.1) is 0 Å². The lowest BCUT2D eigenvalue weighted by Crippen LogP contribution is -2.50. The Morgan fingerprint density at radius 3 is 1.89 bits per heavy atom. The number of benzene rings is 1. The molecule has 0 bridgehead atoms. The van der Waals surface area contributed by atoms with Crippen molar-refractivity contribution < 1.29 is 18.8 Å². The molecule has 0 aromatic heterocycles. The molecule has 1 aliphatic rings. The fourth-order valence-corrected chi connectivity index (χ4v) is 5.90. The molecule has 0 spiro atoms. The van der Waals surface area contributed by atoms with Crippen LogP contribution in [0.25, 0.3) is 0 Å². The third kappa shape index (κ3) is 2.92. The van der Waals surface area contributed by atoms with E-state index in [1.165, 1.54) is 0 Å². The van der Waals surface area contributed by atoms with Gasteiger partial charge in [-0.2, -0.15) is 0 Å². The highest BCUT2D eigenvalue weighted by Gasteiger charge is 2.45. The number of methoxy groups -OCH3 is 3. The molecule has 1 aliphatic heterocycles. The molecule has 106 valence electrons. The van der Waals surface area contributed by atoms with E-state index in [4.69, 9.17) is 14.2 Å². The fraction of sp³-hybridized carbons (Fsp3) is 0.571. The zero-order valence-corrected chi connectivity index (χ0v) is 12.5. The monoisotopic (exact) mass is 284 g/mol. The van der Waals surface area contributed by atoms with Gasteiger partial charge in [-0.3, -0.25) is 0 Å². The fourth-order valence-electron chi connectivity index (χ4n) is 2.73. The standard InChI is InChI=1S/C14H21O4P/c1-16-12-9-19(15,11-7-5-4-6-8-11)10-13(17-2)14(12)18-3/h4-8,12-14H,9-10H2,1-3H3/t12-,13+,14?,19?. The number of hydrogen-bond donors (Lipinski definition) is 0. The van der Waals surface area contributed by atoms with Gasteiger partial charge in [0.15, 0.2) is 0 Å². The molecule has 1 fully saturated rings. The molecule has 5 heteroatoms. The second-order valence-electron chi connectivity index (χ2n) is 4.84. The first-order valence-corrected chi connectivity index (χ1v) is 8.44. The second kappa shape index (κ2) is 6.19. The van der Waals surface area contributed by atoms with Crippen molar-refractivity contribution in [3.8, 4) is 0 Å². The van der Waals surface area contributed by atoms with Crippen molar-refractivity contribution in [1.82, 2.24) is 0 Å². The van der Waals surface area contributed by atoms with Crippen molar-refractivity contribution in [3.05, 3.63) is 30.3 Å². The van der Waals surface area contributed by atoms with Gasteiger partial charge in [-0.15, -0.1) is 0 Å². The predicted molar refractivity (Wildman–Crippen MR) is 75.8 cm³/mol. The molecule has 1 aromatic carbocycles. The Bertz CT molecular complexity index is 430. The van der Waals surface area contributed by atoms with Crippen molar-refractivity contribution in [2.45, 2.75) is 18.3 Å². The summed E-state index contributed by atoms with van der Waals surface area (Å²) in [4.78, 5) is 0. The first-order chi connectivity index (χ1) is 9.14. The molecule has 0 amide bonds. The smallest absolute Gasteiger partial charge is 0.120 e. The Balaban J connectivity index is 2.31. The van der Waals surface area contributed by atoms with Crippen molar-refractivity contribution in [2.24, 2.45) is 0 Å². The Labute approximate surface area is 114 Å². The average Bonchev–Trinajstić information content (AvgIpc) is 2.47. The summed E-state index contributed by atoms with van der Waals surface area (Å²) in [5, 5.41) is 0.897. The van der Waals surface area contributed by atoms with Gasteiger partial charge >= 0.3 is 0 Å². The maximum absolute atomic E-state index is 13.2. The molecule has 0 aliphatic carbocycles. The van der Waals surface area contributed by atoms with Crippen molar-refractivity contribution in [3.63, 3.8) is 0 Å². The molecule has 1 heterocycles. The first-order valence-electron chi connectivity index (χ1n) is 6.36. The zero-order valence-electron chi connectivity index (χ0n) is 11.6. The maximum Gasteiger partial charge on any atom is 0.120 e. The van der Waals surface area contributed by atoms with Gasteiger partial charge in [0.05, 0.1) is 12.2 Å². The predicted octanol–water partition coefficient (Wildman–Crippen LogP) is 1.73. The molecule has 2 unspecified atom stereocenters. The molecule has 2 rings (SSSR count). The normalized spacial score (nSPS) is 35.2. The van der Waals surface area contributed by atoms with E-state index < -0.39 is 7.14 Å². The Morgan fingerprint density at radius 1 is 0.947 bits per heavy atom. The second-order valence-corrected chi connectivity index (χ2v) is 7.86. The highest BCUT2D eigenvalue weighted by atomic mass is 31.2. The minimum Gasteiger partial charge on any atom is -0.378 e. The Hall–Kier alpha value is -0.670. The Kier molecular flexibility index (Phi) is 4.80. The topological polar surface area (TPSA) is 44.8 Å². The minimum absolute atomic E-state index is 0.166. The average molecular weight is 284 g/mol. The highest BCUT2D eigenvalue weighted by molar-refractivity contribution is 7.71. The van der Waals surface area contributed by atoms with Gasteiger partial charge in [0.25, 0.3) is 0 Å². The van der Waals surface area contributed by atoms with Crippen LogP contribution >= 0.6 is 7.14 Å². The van der Waals surface area contributed by atoms with E-state index in [1.807, 2.05) is 30.3 Å². The maximum atomic E-state index is 13.2. The summed E-state index contributed by atoms with van der Waals surface area (Å²) < 4.78 is 29.6. The summed E-state index contributed by atoms with van der Waals surface area (Å²) in [6.45, 7) is 0. The molecular formula is C14H21O4P. The van der Waals surface area contributed by atoms with Crippen LogP contribution in [0.15, 0.2) is 30.3 Å². The van der Waals surface area contributed by atoms with E-state index in [0.717, 1.165) is 5.30 Å².